The molecule has 0 spiro atoms. The Morgan fingerprint density at radius 3 is 2.31 bits per heavy atom. The van der Waals surface area contributed by atoms with Crippen LogP contribution in [0.5, 0.6) is 5.75 Å². The summed E-state index contributed by atoms with van der Waals surface area (Å²) in [5.41, 5.74) is 2.25. The zero-order valence-corrected chi connectivity index (χ0v) is 15.5. The zero-order valence-electron chi connectivity index (χ0n) is 15.5. The molecule has 1 amide bonds. The molecule has 1 N–H and O–H groups in total. The van der Waals surface area contributed by atoms with Crippen LogP contribution in [0.1, 0.15) is 54.7 Å². The average Bonchev–Trinajstić information content (AvgIpc) is 2.60. The lowest BCUT2D eigenvalue weighted by Gasteiger charge is -2.23. The molecule has 5 heteroatoms. The molecule has 0 bridgehead atoms. The number of ether oxygens (including phenoxy) is 1. The van der Waals surface area contributed by atoms with E-state index in [4.69, 9.17) is 4.74 Å². The van der Waals surface area contributed by atoms with Crippen LogP contribution in [0.25, 0.3) is 0 Å². The van der Waals surface area contributed by atoms with Crippen LogP contribution in [0.3, 0.4) is 0 Å². The minimum Gasteiger partial charge on any atom is -0.550 e. The van der Waals surface area contributed by atoms with E-state index in [9.17, 15) is 14.7 Å². The van der Waals surface area contributed by atoms with Gasteiger partial charge in [0.2, 0.25) is 0 Å². The van der Waals surface area contributed by atoms with Gasteiger partial charge in [0.15, 0.2) is 0 Å². The van der Waals surface area contributed by atoms with E-state index in [0.717, 1.165) is 11.1 Å². The Morgan fingerprint density at radius 1 is 1.12 bits per heavy atom. The van der Waals surface area contributed by atoms with Crippen molar-refractivity contribution in [1.29, 1.82) is 0 Å². The van der Waals surface area contributed by atoms with Crippen LogP contribution in [0.15, 0.2) is 48.5 Å². The number of benzene rings is 2. The molecule has 0 radical (unpaired) electrons. The summed E-state index contributed by atoms with van der Waals surface area (Å²) < 4.78 is 5.12. The lowest BCUT2D eigenvalue weighted by atomic mass is 9.86. The van der Waals surface area contributed by atoms with Gasteiger partial charge in [-0.15, -0.1) is 0 Å². The van der Waals surface area contributed by atoms with Crippen molar-refractivity contribution in [2.75, 3.05) is 7.11 Å². The SMILES string of the molecule is COc1cccc(C(=O)N[C@@H](CC(=O)[O-])c2ccc(C(C)(C)C)cc2)c1. The van der Waals surface area contributed by atoms with Gasteiger partial charge in [-0.2, -0.15) is 0 Å². The summed E-state index contributed by atoms with van der Waals surface area (Å²) in [6.07, 6.45) is -0.301. The van der Waals surface area contributed by atoms with Crippen molar-refractivity contribution in [1.82, 2.24) is 5.32 Å². The third-order valence-corrected chi connectivity index (χ3v) is 4.19. The summed E-state index contributed by atoms with van der Waals surface area (Å²) in [6.45, 7) is 6.31. The van der Waals surface area contributed by atoms with E-state index < -0.39 is 12.0 Å². The van der Waals surface area contributed by atoms with E-state index in [1.165, 1.54) is 7.11 Å². The Kier molecular flexibility index (Phi) is 6.03. The number of hydrogen-bond acceptors (Lipinski definition) is 4. The Morgan fingerprint density at radius 2 is 1.77 bits per heavy atom. The smallest absolute Gasteiger partial charge is 0.251 e. The molecule has 2 rings (SSSR count). The molecule has 0 saturated carbocycles. The van der Waals surface area contributed by atoms with Crippen molar-refractivity contribution in [3.05, 3.63) is 65.2 Å². The molecule has 0 aromatic heterocycles. The molecule has 0 aliphatic heterocycles. The highest BCUT2D eigenvalue weighted by molar-refractivity contribution is 5.95. The monoisotopic (exact) mass is 354 g/mol. The third kappa shape index (κ3) is 5.09. The van der Waals surface area contributed by atoms with Crippen molar-refractivity contribution in [2.24, 2.45) is 0 Å². The second kappa shape index (κ2) is 8.04. The molecule has 0 fully saturated rings. The lowest BCUT2D eigenvalue weighted by molar-refractivity contribution is -0.306. The van der Waals surface area contributed by atoms with Gasteiger partial charge in [0, 0.05) is 18.0 Å². The number of hydrogen-bond donors (Lipinski definition) is 1. The molecule has 0 saturated heterocycles. The number of carboxylic acids is 1. The van der Waals surface area contributed by atoms with Crippen LogP contribution in [0.4, 0.5) is 0 Å². The molecule has 2 aromatic carbocycles. The van der Waals surface area contributed by atoms with Gasteiger partial charge in [0.1, 0.15) is 5.75 Å². The van der Waals surface area contributed by atoms with Crippen LogP contribution in [-0.4, -0.2) is 19.0 Å². The van der Waals surface area contributed by atoms with Crippen LogP contribution < -0.4 is 15.2 Å². The second-order valence-corrected chi connectivity index (χ2v) is 7.21. The summed E-state index contributed by atoms with van der Waals surface area (Å²) in [6, 6.07) is 13.6. The number of aliphatic carboxylic acids is 1. The highest BCUT2D eigenvalue weighted by Crippen LogP contribution is 2.25. The summed E-state index contributed by atoms with van der Waals surface area (Å²) in [7, 11) is 1.52. The van der Waals surface area contributed by atoms with Gasteiger partial charge in [-0.25, -0.2) is 0 Å². The Hall–Kier alpha value is -2.82. The molecule has 26 heavy (non-hydrogen) atoms. The summed E-state index contributed by atoms with van der Waals surface area (Å²) in [5, 5.41) is 13.9. The molecule has 0 aliphatic carbocycles. The average molecular weight is 354 g/mol. The number of carbonyl (C=O) groups is 2. The van der Waals surface area contributed by atoms with Crippen molar-refractivity contribution >= 4 is 11.9 Å². The van der Waals surface area contributed by atoms with Crippen molar-refractivity contribution < 1.29 is 19.4 Å². The van der Waals surface area contributed by atoms with Crippen LogP contribution >= 0.6 is 0 Å². The van der Waals surface area contributed by atoms with E-state index in [-0.39, 0.29) is 17.7 Å². The number of nitrogens with one attached hydrogen (secondary N) is 1. The maximum Gasteiger partial charge on any atom is 0.251 e. The van der Waals surface area contributed by atoms with Gasteiger partial charge in [-0.05, 0) is 34.7 Å². The minimum atomic E-state index is -1.22. The molecular formula is C21H24NO4-. The predicted molar refractivity (Wildman–Crippen MR) is 98.0 cm³/mol. The van der Waals surface area contributed by atoms with Gasteiger partial charge in [0.25, 0.3) is 5.91 Å². The predicted octanol–water partition coefficient (Wildman–Crippen LogP) is 2.60. The number of rotatable bonds is 6. The Balaban J connectivity index is 2.24. The quantitative estimate of drug-likeness (QED) is 0.865. The van der Waals surface area contributed by atoms with Gasteiger partial charge in [-0.1, -0.05) is 51.1 Å². The highest BCUT2D eigenvalue weighted by Gasteiger charge is 2.18. The summed E-state index contributed by atoms with van der Waals surface area (Å²) in [5.74, 6) is -1.03. The van der Waals surface area contributed by atoms with Crippen LogP contribution in [0, 0.1) is 0 Å². The first-order valence-electron chi connectivity index (χ1n) is 8.46. The van der Waals surface area contributed by atoms with E-state index in [0.29, 0.717) is 11.3 Å². The third-order valence-electron chi connectivity index (χ3n) is 4.19. The summed E-state index contributed by atoms with van der Waals surface area (Å²) >= 11 is 0. The van der Waals surface area contributed by atoms with Gasteiger partial charge in [0.05, 0.1) is 13.2 Å². The van der Waals surface area contributed by atoms with E-state index in [1.54, 1.807) is 24.3 Å². The molecule has 0 heterocycles. The first-order valence-corrected chi connectivity index (χ1v) is 8.46. The number of methoxy groups -OCH3 is 1. The lowest BCUT2D eigenvalue weighted by Crippen LogP contribution is -2.34. The summed E-state index contributed by atoms with van der Waals surface area (Å²) in [4.78, 5) is 23.7. The molecular weight excluding hydrogens is 330 g/mol. The fourth-order valence-corrected chi connectivity index (χ4v) is 2.64. The first kappa shape index (κ1) is 19.5. The Bertz CT molecular complexity index is 775. The zero-order chi connectivity index (χ0) is 19.3. The van der Waals surface area contributed by atoms with Gasteiger partial charge < -0.3 is 20.0 Å². The van der Waals surface area contributed by atoms with Crippen molar-refractivity contribution in [2.45, 2.75) is 38.6 Å². The number of carboxylic acid groups (broad SMARTS) is 1. The molecule has 5 nitrogen and oxygen atoms in total. The fraction of sp³-hybridized carbons (Fsp3) is 0.333. The van der Waals surface area contributed by atoms with Crippen molar-refractivity contribution in [3.63, 3.8) is 0 Å². The largest absolute Gasteiger partial charge is 0.550 e. The van der Waals surface area contributed by atoms with Crippen molar-refractivity contribution in [3.8, 4) is 5.75 Å². The maximum atomic E-state index is 12.5. The molecule has 2 aromatic rings. The van der Waals surface area contributed by atoms with E-state index in [1.807, 2.05) is 24.3 Å². The fourth-order valence-electron chi connectivity index (χ4n) is 2.64. The Labute approximate surface area is 154 Å². The number of carbonyl (C=O) groups excluding carboxylic acids is 2. The van der Waals surface area contributed by atoms with Gasteiger partial charge in [-0.3, -0.25) is 4.79 Å². The van der Waals surface area contributed by atoms with E-state index in [2.05, 4.69) is 26.1 Å². The first-order chi connectivity index (χ1) is 12.2. The number of amides is 1. The van der Waals surface area contributed by atoms with Crippen LogP contribution in [0.2, 0.25) is 0 Å². The molecule has 0 aliphatic rings. The van der Waals surface area contributed by atoms with E-state index >= 15 is 0 Å². The highest BCUT2D eigenvalue weighted by atomic mass is 16.5. The second-order valence-electron chi connectivity index (χ2n) is 7.21. The maximum absolute atomic E-state index is 12.5. The molecule has 1 atom stereocenters. The van der Waals surface area contributed by atoms with Crippen LogP contribution in [-0.2, 0) is 10.2 Å². The normalized spacial score (nSPS) is 12.3. The molecule has 0 unspecified atom stereocenters. The topological polar surface area (TPSA) is 78.5 Å². The molecule has 138 valence electrons. The minimum absolute atomic E-state index is 0.00772. The standard InChI is InChI=1S/C21H25NO4/c1-21(2,3)16-10-8-14(9-11-16)18(13-19(23)24)22-20(25)15-6-5-7-17(12-15)26-4/h5-12,18H,13H2,1-4H3,(H,22,25)(H,23,24)/p-1/t18-/m0/s1. The van der Waals surface area contributed by atoms with Gasteiger partial charge >= 0.3 is 0 Å².